The van der Waals surface area contributed by atoms with Crippen LogP contribution in [0.15, 0.2) is 36.4 Å². The molecule has 0 amide bonds. The van der Waals surface area contributed by atoms with E-state index in [2.05, 4.69) is 0 Å². The Morgan fingerprint density at radius 1 is 1.00 bits per heavy atom. The van der Waals surface area contributed by atoms with E-state index in [1.165, 1.54) is 0 Å². The van der Waals surface area contributed by atoms with Crippen LogP contribution in [0.4, 0.5) is 0 Å². The normalized spacial score (nSPS) is 12.1. The minimum absolute atomic E-state index is 0.192. The SMILES string of the molecule is COc1cc(CC[C@@H](O)c2cccc(OCC(=O)OC(C)(C)C)c2)cc(OC)c1OC. The summed E-state index contributed by atoms with van der Waals surface area (Å²) in [6.07, 6.45) is 0.374. The minimum atomic E-state index is -0.704. The van der Waals surface area contributed by atoms with E-state index in [4.69, 9.17) is 23.7 Å². The predicted octanol–water partition coefficient (Wildman–Crippen LogP) is 4.10. The molecule has 0 aliphatic heterocycles. The van der Waals surface area contributed by atoms with Crippen molar-refractivity contribution >= 4 is 5.97 Å². The van der Waals surface area contributed by atoms with Gasteiger partial charge in [-0.15, -0.1) is 0 Å². The quantitative estimate of drug-likeness (QED) is 0.566. The zero-order valence-electron chi connectivity index (χ0n) is 19.1. The molecule has 2 rings (SSSR count). The van der Waals surface area contributed by atoms with Gasteiger partial charge in [-0.1, -0.05) is 12.1 Å². The molecule has 0 saturated heterocycles. The van der Waals surface area contributed by atoms with Crippen molar-refractivity contribution in [2.45, 2.75) is 45.3 Å². The Labute approximate surface area is 183 Å². The number of aliphatic hydroxyl groups is 1. The first-order valence-corrected chi connectivity index (χ1v) is 10.1. The molecule has 0 fully saturated rings. The van der Waals surface area contributed by atoms with E-state index in [1.807, 2.05) is 18.2 Å². The summed E-state index contributed by atoms with van der Waals surface area (Å²) in [5.74, 6) is 1.73. The van der Waals surface area contributed by atoms with Crippen LogP contribution in [0.1, 0.15) is 44.4 Å². The van der Waals surface area contributed by atoms with Crippen molar-refractivity contribution in [1.82, 2.24) is 0 Å². The molecule has 0 aliphatic carbocycles. The Bertz CT molecular complexity index is 845. The van der Waals surface area contributed by atoms with Crippen LogP contribution in [0, 0.1) is 0 Å². The molecule has 0 heterocycles. The number of hydrogen-bond donors (Lipinski definition) is 1. The Morgan fingerprint density at radius 3 is 2.19 bits per heavy atom. The maximum atomic E-state index is 11.8. The Hall–Kier alpha value is -2.93. The zero-order chi connectivity index (χ0) is 23.0. The van der Waals surface area contributed by atoms with Gasteiger partial charge >= 0.3 is 5.97 Å². The lowest BCUT2D eigenvalue weighted by Gasteiger charge is -2.19. The van der Waals surface area contributed by atoms with Gasteiger partial charge in [-0.05, 0) is 69.0 Å². The van der Waals surface area contributed by atoms with Crippen LogP contribution in [0.5, 0.6) is 23.0 Å². The Balaban J connectivity index is 2.01. The van der Waals surface area contributed by atoms with E-state index < -0.39 is 17.7 Å². The van der Waals surface area contributed by atoms with Crippen molar-refractivity contribution in [3.05, 3.63) is 47.5 Å². The molecule has 0 spiro atoms. The highest BCUT2D eigenvalue weighted by Crippen LogP contribution is 2.38. The molecule has 0 aromatic heterocycles. The molecule has 0 saturated carbocycles. The van der Waals surface area contributed by atoms with Crippen molar-refractivity contribution in [2.24, 2.45) is 0 Å². The van der Waals surface area contributed by atoms with Crippen molar-refractivity contribution in [3.63, 3.8) is 0 Å². The van der Waals surface area contributed by atoms with Gasteiger partial charge in [0.15, 0.2) is 18.1 Å². The van der Waals surface area contributed by atoms with Gasteiger partial charge in [0.2, 0.25) is 5.75 Å². The van der Waals surface area contributed by atoms with Gasteiger partial charge in [0.25, 0.3) is 0 Å². The zero-order valence-corrected chi connectivity index (χ0v) is 19.1. The van der Waals surface area contributed by atoms with Crippen molar-refractivity contribution < 1.29 is 33.6 Å². The monoisotopic (exact) mass is 432 g/mol. The summed E-state index contributed by atoms with van der Waals surface area (Å²) in [5, 5.41) is 10.7. The highest BCUT2D eigenvalue weighted by Gasteiger charge is 2.17. The summed E-state index contributed by atoms with van der Waals surface area (Å²) in [6.45, 7) is 5.21. The number of carbonyl (C=O) groups excluding carboxylic acids is 1. The second-order valence-electron chi connectivity index (χ2n) is 8.04. The van der Waals surface area contributed by atoms with Crippen LogP contribution in [0.2, 0.25) is 0 Å². The van der Waals surface area contributed by atoms with Gasteiger partial charge < -0.3 is 28.8 Å². The summed E-state index contributed by atoms with van der Waals surface area (Å²) in [7, 11) is 4.69. The van der Waals surface area contributed by atoms with Crippen LogP contribution in [-0.2, 0) is 16.0 Å². The van der Waals surface area contributed by atoms with Crippen molar-refractivity contribution in [2.75, 3.05) is 27.9 Å². The first-order chi connectivity index (χ1) is 14.7. The lowest BCUT2D eigenvalue weighted by atomic mass is 10.0. The van der Waals surface area contributed by atoms with Gasteiger partial charge in [-0.2, -0.15) is 0 Å². The highest BCUT2D eigenvalue weighted by molar-refractivity contribution is 5.71. The van der Waals surface area contributed by atoms with Crippen LogP contribution in [-0.4, -0.2) is 44.6 Å². The van der Waals surface area contributed by atoms with E-state index in [9.17, 15) is 9.90 Å². The van der Waals surface area contributed by atoms with Gasteiger partial charge in [0.1, 0.15) is 11.4 Å². The summed E-state index contributed by atoms with van der Waals surface area (Å²) in [5.41, 5.74) is 1.09. The summed E-state index contributed by atoms with van der Waals surface area (Å²) in [6, 6.07) is 10.8. The fraction of sp³-hybridized carbons (Fsp3) is 0.458. The number of aryl methyl sites for hydroxylation is 1. The number of benzene rings is 2. The van der Waals surface area contributed by atoms with Gasteiger partial charge in [-0.3, -0.25) is 0 Å². The van der Waals surface area contributed by atoms with Crippen molar-refractivity contribution in [3.8, 4) is 23.0 Å². The largest absolute Gasteiger partial charge is 0.493 e. The second-order valence-corrected chi connectivity index (χ2v) is 8.04. The highest BCUT2D eigenvalue weighted by atomic mass is 16.6. The van der Waals surface area contributed by atoms with Crippen LogP contribution < -0.4 is 18.9 Å². The molecule has 31 heavy (non-hydrogen) atoms. The number of esters is 1. The first kappa shape index (κ1) is 24.3. The topological polar surface area (TPSA) is 83.5 Å². The number of ether oxygens (including phenoxy) is 5. The number of rotatable bonds is 10. The number of hydrogen-bond acceptors (Lipinski definition) is 7. The smallest absolute Gasteiger partial charge is 0.344 e. The van der Waals surface area contributed by atoms with E-state index in [0.717, 1.165) is 5.56 Å². The van der Waals surface area contributed by atoms with E-state index in [-0.39, 0.29) is 6.61 Å². The fourth-order valence-electron chi connectivity index (χ4n) is 3.07. The molecule has 0 bridgehead atoms. The molecule has 0 radical (unpaired) electrons. The Kier molecular flexibility index (Phi) is 8.56. The van der Waals surface area contributed by atoms with Gasteiger partial charge in [-0.25, -0.2) is 4.79 Å². The molecule has 7 nitrogen and oxygen atoms in total. The third kappa shape index (κ3) is 7.36. The molecule has 0 unspecified atom stereocenters. The maximum Gasteiger partial charge on any atom is 0.344 e. The second kappa shape index (κ2) is 10.9. The molecular formula is C24H32O7. The van der Waals surface area contributed by atoms with E-state index >= 15 is 0 Å². The van der Waals surface area contributed by atoms with Crippen LogP contribution >= 0.6 is 0 Å². The molecule has 1 N–H and O–H groups in total. The summed E-state index contributed by atoms with van der Waals surface area (Å²) < 4.78 is 26.9. The molecule has 2 aromatic rings. The molecule has 2 aromatic carbocycles. The number of carbonyl (C=O) groups is 1. The standard InChI is InChI=1S/C24H32O7/c1-24(2,3)31-22(26)15-30-18-9-7-8-17(14-18)19(25)11-10-16-12-20(27-4)23(29-6)21(13-16)28-5/h7-9,12-14,19,25H,10-11,15H2,1-6H3/t19-/m1/s1. The summed E-state index contributed by atoms with van der Waals surface area (Å²) in [4.78, 5) is 11.8. The third-order valence-corrected chi connectivity index (χ3v) is 4.45. The van der Waals surface area contributed by atoms with E-state index in [0.29, 0.717) is 41.4 Å². The lowest BCUT2D eigenvalue weighted by molar-refractivity contribution is -0.157. The van der Waals surface area contributed by atoms with Crippen LogP contribution in [0.25, 0.3) is 0 Å². The number of methoxy groups -OCH3 is 3. The maximum absolute atomic E-state index is 11.8. The lowest BCUT2D eigenvalue weighted by Crippen LogP contribution is -2.27. The fourth-order valence-corrected chi connectivity index (χ4v) is 3.07. The van der Waals surface area contributed by atoms with E-state index in [1.54, 1.807) is 60.3 Å². The average molecular weight is 433 g/mol. The molecule has 170 valence electrons. The first-order valence-electron chi connectivity index (χ1n) is 10.1. The van der Waals surface area contributed by atoms with Gasteiger partial charge in [0, 0.05) is 0 Å². The van der Waals surface area contributed by atoms with Crippen LogP contribution in [0.3, 0.4) is 0 Å². The minimum Gasteiger partial charge on any atom is -0.493 e. The van der Waals surface area contributed by atoms with Gasteiger partial charge in [0.05, 0.1) is 27.4 Å². The Morgan fingerprint density at radius 2 is 1.65 bits per heavy atom. The third-order valence-electron chi connectivity index (χ3n) is 4.45. The van der Waals surface area contributed by atoms with Crippen molar-refractivity contribution in [1.29, 1.82) is 0 Å². The molecular weight excluding hydrogens is 400 g/mol. The molecule has 7 heteroatoms. The summed E-state index contributed by atoms with van der Waals surface area (Å²) >= 11 is 0. The average Bonchev–Trinajstić information content (AvgIpc) is 2.74. The predicted molar refractivity (Wildman–Crippen MR) is 117 cm³/mol. The molecule has 0 aliphatic rings. The number of aliphatic hydroxyl groups excluding tert-OH is 1. The molecule has 1 atom stereocenters.